The molecule has 4 heteroatoms. The van der Waals surface area contributed by atoms with E-state index in [9.17, 15) is 5.11 Å². The van der Waals surface area contributed by atoms with Gasteiger partial charge >= 0.3 is 0 Å². The molecule has 0 radical (unpaired) electrons. The van der Waals surface area contributed by atoms with Gasteiger partial charge in [0.2, 0.25) is 0 Å². The predicted molar refractivity (Wildman–Crippen MR) is 106 cm³/mol. The summed E-state index contributed by atoms with van der Waals surface area (Å²) in [6, 6.07) is 16.8. The van der Waals surface area contributed by atoms with Crippen LogP contribution >= 0.6 is 0 Å². The topological polar surface area (TPSA) is 57.3 Å². The number of aromatic nitrogens is 1. The molecule has 0 amide bonds. The van der Waals surface area contributed by atoms with E-state index in [4.69, 9.17) is 4.74 Å². The van der Waals surface area contributed by atoms with Gasteiger partial charge in [0.1, 0.15) is 5.75 Å². The van der Waals surface area contributed by atoms with Crippen LogP contribution in [0.3, 0.4) is 0 Å². The second kappa shape index (κ2) is 7.26. The largest absolute Gasteiger partial charge is 0.496 e. The third-order valence-electron chi connectivity index (χ3n) is 5.19. The number of methoxy groups -OCH3 is 1. The Bertz CT molecular complexity index is 928. The third-order valence-corrected chi connectivity index (χ3v) is 5.19. The molecule has 1 aromatic heterocycles. The number of aromatic hydroxyl groups is 1. The molecule has 0 saturated carbocycles. The van der Waals surface area contributed by atoms with Crippen LogP contribution in [0.2, 0.25) is 0 Å². The van der Waals surface area contributed by atoms with Crippen LogP contribution in [0.1, 0.15) is 24.0 Å². The smallest absolute Gasteiger partial charge is 0.189 e. The van der Waals surface area contributed by atoms with Crippen LogP contribution in [-0.4, -0.2) is 29.8 Å². The molecule has 1 atom stereocenters. The van der Waals surface area contributed by atoms with Crippen LogP contribution in [-0.2, 0) is 6.42 Å². The number of hydrogen-bond acceptors (Lipinski definition) is 3. The van der Waals surface area contributed by atoms with E-state index in [1.165, 1.54) is 11.1 Å². The Morgan fingerprint density at radius 1 is 1.15 bits per heavy atom. The van der Waals surface area contributed by atoms with Gasteiger partial charge in [0.25, 0.3) is 0 Å². The second-order valence-corrected chi connectivity index (χ2v) is 6.81. The summed E-state index contributed by atoms with van der Waals surface area (Å²) in [6.45, 7) is 0.904. The molecule has 2 aromatic carbocycles. The van der Waals surface area contributed by atoms with E-state index in [2.05, 4.69) is 46.7 Å². The Hall–Kier alpha value is -2.72. The number of nitrogens with one attached hydrogen (secondary N) is 2. The fourth-order valence-electron chi connectivity index (χ4n) is 3.86. The first-order valence-electron chi connectivity index (χ1n) is 9.10. The molecule has 0 fully saturated rings. The molecular weight excluding hydrogens is 324 g/mol. The Labute approximate surface area is 153 Å². The Morgan fingerprint density at radius 3 is 2.81 bits per heavy atom. The van der Waals surface area contributed by atoms with E-state index in [1.807, 2.05) is 12.1 Å². The molecule has 1 unspecified atom stereocenters. The molecule has 0 aliphatic carbocycles. The van der Waals surface area contributed by atoms with Crippen LogP contribution in [0.15, 0.2) is 54.6 Å². The summed E-state index contributed by atoms with van der Waals surface area (Å²) in [5, 5.41) is 14.4. The standard InChI is InChI=1S/C22H24N2O2/c1-26-21-10-9-20-19(14-22(25)24-20)18(21)8-7-17-13-16(11-12-23-17)15-5-3-2-4-6-15/h2-6,9-11,14,17,23-25H,7-8,12-13H2,1H3. The highest BCUT2D eigenvalue weighted by Crippen LogP contribution is 2.32. The zero-order valence-corrected chi connectivity index (χ0v) is 15.0. The van der Waals surface area contributed by atoms with E-state index >= 15 is 0 Å². The maximum atomic E-state index is 9.81. The first-order valence-corrected chi connectivity index (χ1v) is 9.10. The first-order chi connectivity index (χ1) is 12.7. The van der Waals surface area contributed by atoms with Crippen molar-refractivity contribution < 1.29 is 9.84 Å². The summed E-state index contributed by atoms with van der Waals surface area (Å²) >= 11 is 0. The lowest BCUT2D eigenvalue weighted by Gasteiger charge is -2.25. The van der Waals surface area contributed by atoms with Gasteiger partial charge in [-0.2, -0.15) is 0 Å². The number of fused-ring (bicyclic) bond motifs is 1. The normalized spacial score (nSPS) is 17.3. The van der Waals surface area contributed by atoms with Crippen molar-refractivity contribution in [3.8, 4) is 11.6 Å². The number of H-pyrrole nitrogens is 1. The molecule has 3 N–H and O–H groups in total. The Balaban J connectivity index is 1.51. The van der Waals surface area contributed by atoms with Gasteiger partial charge in [0, 0.05) is 35.1 Å². The molecular formula is C22H24N2O2. The van der Waals surface area contributed by atoms with Crippen molar-refractivity contribution in [1.82, 2.24) is 10.3 Å². The molecule has 4 rings (SSSR count). The molecule has 1 aliphatic rings. The quantitative estimate of drug-likeness (QED) is 0.646. The molecule has 0 saturated heterocycles. The average Bonchev–Trinajstić information content (AvgIpc) is 3.07. The lowest BCUT2D eigenvalue weighted by atomic mass is 9.91. The van der Waals surface area contributed by atoms with Crippen molar-refractivity contribution in [3.63, 3.8) is 0 Å². The fraction of sp³-hybridized carbons (Fsp3) is 0.273. The van der Waals surface area contributed by atoms with E-state index in [-0.39, 0.29) is 5.88 Å². The van der Waals surface area contributed by atoms with Crippen LogP contribution in [0.5, 0.6) is 11.6 Å². The predicted octanol–water partition coefficient (Wildman–Crippen LogP) is 4.26. The number of aromatic amines is 1. The molecule has 0 bridgehead atoms. The molecule has 134 valence electrons. The van der Waals surface area contributed by atoms with Gasteiger partial charge in [-0.15, -0.1) is 0 Å². The van der Waals surface area contributed by atoms with Crippen LogP contribution in [0.25, 0.3) is 16.5 Å². The fourth-order valence-corrected chi connectivity index (χ4v) is 3.86. The second-order valence-electron chi connectivity index (χ2n) is 6.81. The minimum Gasteiger partial charge on any atom is -0.496 e. The van der Waals surface area contributed by atoms with Gasteiger partial charge < -0.3 is 20.1 Å². The highest BCUT2D eigenvalue weighted by Gasteiger charge is 2.18. The van der Waals surface area contributed by atoms with Crippen molar-refractivity contribution in [2.45, 2.75) is 25.3 Å². The number of aryl methyl sites for hydroxylation is 1. The summed E-state index contributed by atoms with van der Waals surface area (Å²) in [5.74, 6) is 1.07. The van der Waals surface area contributed by atoms with Crippen molar-refractivity contribution in [2.24, 2.45) is 0 Å². The summed E-state index contributed by atoms with van der Waals surface area (Å²) in [4.78, 5) is 2.99. The van der Waals surface area contributed by atoms with Crippen LogP contribution < -0.4 is 10.1 Å². The number of benzene rings is 2. The number of ether oxygens (including phenoxy) is 1. The third kappa shape index (κ3) is 3.33. The molecule has 2 heterocycles. The van der Waals surface area contributed by atoms with Gasteiger partial charge in [-0.05, 0) is 42.5 Å². The van der Waals surface area contributed by atoms with Crippen molar-refractivity contribution >= 4 is 16.5 Å². The van der Waals surface area contributed by atoms with Gasteiger partial charge in [-0.25, -0.2) is 0 Å². The number of hydrogen-bond donors (Lipinski definition) is 3. The molecule has 1 aliphatic heterocycles. The van der Waals surface area contributed by atoms with E-state index < -0.39 is 0 Å². The van der Waals surface area contributed by atoms with Crippen molar-refractivity contribution in [1.29, 1.82) is 0 Å². The van der Waals surface area contributed by atoms with Gasteiger partial charge in [-0.3, -0.25) is 0 Å². The minimum atomic E-state index is 0.194. The summed E-state index contributed by atoms with van der Waals surface area (Å²) in [5.41, 5.74) is 4.83. The minimum absolute atomic E-state index is 0.194. The maximum Gasteiger partial charge on any atom is 0.189 e. The van der Waals surface area contributed by atoms with Gasteiger partial charge in [-0.1, -0.05) is 36.4 Å². The Kier molecular flexibility index (Phi) is 4.67. The van der Waals surface area contributed by atoms with Crippen LogP contribution in [0.4, 0.5) is 0 Å². The van der Waals surface area contributed by atoms with Gasteiger partial charge in [0.15, 0.2) is 5.88 Å². The van der Waals surface area contributed by atoms with E-state index in [0.717, 1.165) is 48.0 Å². The van der Waals surface area contributed by atoms with Crippen molar-refractivity contribution in [2.75, 3.05) is 13.7 Å². The molecule has 3 aromatic rings. The summed E-state index contributed by atoms with van der Waals surface area (Å²) in [6.07, 6.45) is 5.24. The van der Waals surface area contributed by atoms with Gasteiger partial charge in [0.05, 0.1) is 7.11 Å². The SMILES string of the molecule is COc1ccc2[nH]c(O)cc2c1CCC1CC(c2ccccc2)=CCN1. The maximum absolute atomic E-state index is 9.81. The Morgan fingerprint density at radius 2 is 2.00 bits per heavy atom. The lowest BCUT2D eigenvalue weighted by molar-refractivity contribution is 0.407. The summed E-state index contributed by atoms with van der Waals surface area (Å²) in [7, 11) is 1.70. The first kappa shape index (κ1) is 16.7. The zero-order valence-electron chi connectivity index (χ0n) is 15.0. The zero-order chi connectivity index (χ0) is 17.9. The van der Waals surface area contributed by atoms with Crippen LogP contribution in [0, 0.1) is 0 Å². The lowest BCUT2D eigenvalue weighted by Crippen LogP contribution is -2.33. The highest BCUT2D eigenvalue weighted by molar-refractivity contribution is 5.87. The average molecular weight is 348 g/mol. The molecule has 0 spiro atoms. The van der Waals surface area contributed by atoms with E-state index in [0.29, 0.717) is 6.04 Å². The van der Waals surface area contributed by atoms with E-state index in [1.54, 1.807) is 13.2 Å². The molecule has 26 heavy (non-hydrogen) atoms. The van der Waals surface area contributed by atoms with Crippen molar-refractivity contribution in [3.05, 3.63) is 65.7 Å². The number of rotatable bonds is 5. The monoisotopic (exact) mass is 348 g/mol. The summed E-state index contributed by atoms with van der Waals surface area (Å²) < 4.78 is 5.57. The highest BCUT2D eigenvalue weighted by atomic mass is 16.5. The molecule has 4 nitrogen and oxygen atoms in total.